The fourth-order valence-electron chi connectivity index (χ4n) is 8.85. The van der Waals surface area contributed by atoms with E-state index in [4.69, 9.17) is 21.5 Å². The highest BCUT2D eigenvalue weighted by Gasteiger charge is 2.47. The topological polar surface area (TPSA) is 43.0 Å². The van der Waals surface area contributed by atoms with Gasteiger partial charge in [0.05, 0.1) is 12.0 Å². The van der Waals surface area contributed by atoms with Crippen LogP contribution in [0.15, 0.2) is 146 Å². The molecule has 0 radical (unpaired) electrons. The standard InChI is InChI=1S/C49H40N4/c1-47(2)29-30-48(3,4)42-31-33(25-28-40(42)47)45-51-44(32-23-26-36(50-5)27-24-32)52-46(53-45)38-20-14-22-41-43(38)37-19-12-13-21-39(37)49(41,34-15-8-6-9-16-34)35-17-10-7-11-18-35/h6-28,31H,29-30H2,1-4H3. The van der Waals surface area contributed by atoms with Gasteiger partial charge in [0.25, 0.3) is 0 Å². The van der Waals surface area contributed by atoms with Crippen molar-refractivity contribution in [3.8, 4) is 45.3 Å². The van der Waals surface area contributed by atoms with E-state index >= 15 is 0 Å². The molecule has 4 heteroatoms. The van der Waals surface area contributed by atoms with Crippen LogP contribution < -0.4 is 0 Å². The van der Waals surface area contributed by atoms with E-state index in [9.17, 15) is 0 Å². The molecule has 4 nitrogen and oxygen atoms in total. The third-order valence-corrected chi connectivity index (χ3v) is 11.7. The molecule has 6 aromatic carbocycles. The zero-order valence-electron chi connectivity index (χ0n) is 30.6. The van der Waals surface area contributed by atoms with Gasteiger partial charge >= 0.3 is 0 Å². The van der Waals surface area contributed by atoms with Crippen LogP contribution in [-0.2, 0) is 16.2 Å². The molecule has 1 aromatic heterocycles. The van der Waals surface area contributed by atoms with Crippen molar-refractivity contribution in [2.24, 2.45) is 0 Å². The molecule has 256 valence electrons. The minimum absolute atomic E-state index is 0.0390. The van der Waals surface area contributed by atoms with Crippen molar-refractivity contribution < 1.29 is 0 Å². The molecule has 0 N–H and O–H groups in total. The smallest absolute Gasteiger partial charge is 0.187 e. The maximum atomic E-state index is 7.52. The molecular weight excluding hydrogens is 645 g/mol. The summed E-state index contributed by atoms with van der Waals surface area (Å²) in [6.45, 7) is 16.9. The predicted molar refractivity (Wildman–Crippen MR) is 215 cm³/mol. The van der Waals surface area contributed by atoms with Crippen LogP contribution in [0.5, 0.6) is 0 Å². The number of nitrogens with zero attached hydrogens (tertiary/aromatic N) is 4. The van der Waals surface area contributed by atoms with Crippen LogP contribution in [0.25, 0.3) is 50.1 Å². The minimum atomic E-state index is -0.532. The Bertz CT molecular complexity index is 2520. The van der Waals surface area contributed by atoms with Crippen molar-refractivity contribution in [1.29, 1.82) is 0 Å². The highest BCUT2D eigenvalue weighted by atomic mass is 15.0. The Kier molecular flexibility index (Phi) is 7.54. The van der Waals surface area contributed by atoms with Gasteiger partial charge in [-0.2, -0.15) is 0 Å². The van der Waals surface area contributed by atoms with Gasteiger partial charge in [-0.15, -0.1) is 0 Å². The lowest BCUT2D eigenvalue weighted by Gasteiger charge is -2.42. The summed E-state index contributed by atoms with van der Waals surface area (Å²) in [5.74, 6) is 1.85. The Morgan fingerprint density at radius 2 is 1.00 bits per heavy atom. The molecule has 9 rings (SSSR count). The molecule has 0 fully saturated rings. The summed E-state index contributed by atoms with van der Waals surface area (Å²) in [4.78, 5) is 19.3. The Labute approximate surface area is 312 Å². The van der Waals surface area contributed by atoms with Gasteiger partial charge in [0.2, 0.25) is 0 Å². The van der Waals surface area contributed by atoms with Gasteiger partial charge in [0, 0.05) is 16.7 Å². The summed E-state index contributed by atoms with van der Waals surface area (Å²) < 4.78 is 0. The summed E-state index contributed by atoms with van der Waals surface area (Å²) >= 11 is 0. The Balaban J connectivity index is 1.32. The average molecular weight is 685 g/mol. The van der Waals surface area contributed by atoms with Gasteiger partial charge in [0.1, 0.15) is 0 Å². The lowest BCUT2D eigenvalue weighted by Crippen LogP contribution is -2.33. The first-order chi connectivity index (χ1) is 25.7. The van der Waals surface area contributed by atoms with Gasteiger partial charge in [-0.3, -0.25) is 0 Å². The molecule has 7 aromatic rings. The summed E-state index contributed by atoms with van der Waals surface area (Å²) in [5.41, 5.74) is 12.9. The van der Waals surface area contributed by atoms with E-state index in [2.05, 4.69) is 154 Å². The largest absolute Gasteiger partial charge is 0.238 e. The van der Waals surface area contributed by atoms with E-state index in [-0.39, 0.29) is 10.8 Å². The third-order valence-electron chi connectivity index (χ3n) is 11.7. The molecule has 0 unspecified atom stereocenters. The van der Waals surface area contributed by atoms with E-state index in [0.717, 1.165) is 35.1 Å². The summed E-state index contributed by atoms with van der Waals surface area (Å²) in [6, 6.07) is 51.4. The fourth-order valence-corrected chi connectivity index (χ4v) is 8.85. The first-order valence-electron chi connectivity index (χ1n) is 18.4. The molecule has 0 amide bonds. The van der Waals surface area contributed by atoms with Crippen molar-refractivity contribution in [3.05, 3.63) is 190 Å². The van der Waals surface area contributed by atoms with Crippen LogP contribution in [0.1, 0.15) is 73.9 Å². The SMILES string of the molecule is [C-]#[N+]c1ccc(-c2nc(-c3ccc4c(c3)C(C)(C)CCC4(C)C)nc(-c3cccc4c3-c3ccccc3C4(c3ccccc3)c3ccccc3)n2)cc1. The predicted octanol–water partition coefficient (Wildman–Crippen LogP) is 12.1. The molecule has 0 saturated carbocycles. The molecule has 0 spiro atoms. The van der Waals surface area contributed by atoms with E-state index in [1.54, 1.807) is 0 Å². The average Bonchev–Trinajstić information content (AvgIpc) is 3.51. The first kappa shape index (κ1) is 32.7. The molecule has 0 atom stereocenters. The van der Waals surface area contributed by atoms with Crippen LogP contribution in [0.2, 0.25) is 0 Å². The van der Waals surface area contributed by atoms with Crippen molar-refractivity contribution in [3.63, 3.8) is 0 Å². The van der Waals surface area contributed by atoms with Gasteiger partial charge in [-0.1, -0.05) is 167 Å². The van der Waals surface area contributed by atoms with E-state index < -0.39 is 5.41 Å². The molecule has 2 aliphatic rings. The van der Waals surface area contributed by atoms with Crippen LogP contribution >= 0.6 is 0 Å². The molecule has 1 heterocycles. The molecule has 0 aliphatic heterocycles. The molecule has 0 saturated heterocycles. The van der Waals surface area contributed by atoms with Crippen molar-refractivity contribution >= 4 is 5.69 Å². The highest BCUT2D eigenvalue weighted by Crippen LogP contribution is 2.58. The Morgan fingerprint density at radius 3 is 1.66 bits per heavy atom. The molecular formula is C49H40N4. The number of aromatic nitrogens is 3. The number of benzene rings is 6. The monoisotopic (exact) mass is 684 g/mol. The second kappa shape index (κ2) is 12.2. The normalized spacial score (nSPS) is 15.8. The third kappa shape index (κ3) is 5.14. The van der Waals surface area contributed by atoms with Crippen molar-refractivity contribution in [1.82, 2.24) is 15.0 Å². The minimum Gasteiger partial charge on any atom is -0.238 e. The maximum Gasteiger partial charge on any atom is 0.187 e. The molecule has 53 heavy (non-hydrogen) atoms. The van der Waals surface area contributed by atoms with Crippen LogP contribution in [0, 0.1) is 6.57 Å². The van der Waals surface area contributed by atoms with Crippen molar-refractivity contribution in [2.45, 2.75) is 56.8 Å². The maximum absolute atomic E-state index is 7.52. The lowest BCUT2D eigenvalue weighted by molar-refractivity contribution is 0.332. The Hall–Kier alpha value is -6.18. The van der Waals surface area contributed by atoms with Gasteiger partial charge in [-0.25, -0.2) is 19.8 Å². The number of hydrogen-bond acceptors (Lipinski definition) is 3. The van der Waals surface area contributed by atoms with Gasteiger partial charge in [-0.05, 0) is 74.2 Å². The number of rotatable bonds is 5. The zero-order valence-corrected chi connectivity index (χ0v) is 30.6. The van der Waals surface area contributed by atoms with E-state index in [1.807, 2.05) is 24.3 Å². The van der Waals surface area contributed by atoms with E-state index in [1.165, 1.54) is 38.9 Å². The second-order valence-corrected chi connectivity index (χ2v) is 15.7. The van der Waals surface area contributed by atoms with Gasteiger partial charge in [0.15, 0.2) is 23.2 Å². The summed E-state index contributed by atoms with van der Waals surface area (Å²) in [5, 5.41) is 0. The van der Waals surface area contributed by atoms with Crippen LogP contribution in [-0.4, -0.2) is 15.0 Å². The summed E-state index contributed by atoms with van der Waals surface area (Å²) in [6.07, 6.45) is 2.28. The number of hydrogen-bond donors (Lipinski definition) is 0. The molecule has 2 aliphatic carbocycles. The van der Waals surface area contributed by atoms with Crippen LogP contribution in [0.3, 0.4) is 0 Å². The van der Waals surface area contributed by atoms with Crippen LogP contribution in [0.4, 0.5) is 5.69 Å². The quantitative estimate of drug-likeness (QED) is 0.170. The second-order valence-electron chi connectivity index (χ2n) is 15.7. The zero-order chi connectivity index (χ0) is 36.4. The lowest BCUT2D eigenvalue weighted by atomic mass is 9.63. The fraction of sp³-hybridized carbons (Fsp3) is 0.184. The first-order valence-corrected chi connectivity index (χ1v) is 18.4. The van der Waals surface area contributed by atoms with E-state index in [0.29, 0.717) is 23.2 Å². The highest BCUT2D eigenvalue weighted by molar-refractivity contribution is 5.94. The Morgan fingerprint density at radius 1 is 0.472 bits per heavy atom. The summed E-state index contributed by atoms with van der Waals surface area (Å²) in [7, 11) is 0. The molecule has 0 bridgehead atoms. The van der Waals surface area contributed by atoms with Gasteiger partial charge < -0.3 is 0 Å². The number of fused-ring (bicyclic) bond motifs is 4. The van der Waals surface area contributed by atoms with Crippen molar-refractivity contribution in [2.75, 3.05) is 0 Å².